The molecule has 1 aliphatic heterocycles. The highest BCUT2D eigenvalue weighted by molar-refractivity contribution is 14.1. The largest absolute Gasteiger partial charge is 0.493 e. The van der Waals surface area contributed by atoms with Gasteiger partial charge >= 0.3 is 0 Å². The lowest BCUT2D eigenvalue weighted by molar-refractivity contribution is -0.150. The smallest absolute Gasteiger partial charge is 0.249 e. The number of ether oxygens (including phenoxy) is 4. The Morgan fingerprint density at radius 1 is 1.20 bits per heavy atom. The maximum Gasteiger partial charge on any atom is 0.249 e. The maximum atomic E-state index is 14.1. The number of aliphatic hydroxyl groups excluding tert-OH is 3. The lowest BCUT2D eigenvalue weighted by Gasteiger charge is -2.42. The zero-order chi connectivity index (χ0) is 33.4. The zero-order valence-corrected chi connectivity index (χ0v) is 29.6. The summed E-state index contributed by atoms with van der Waals surface area (Å²) in [7, 11) is 1.49. The molecule has 2 aliphatic carbocycles. The lowest BCUT2D eigenvalue weighted by Crippen LogP contribution is -2.57. The molecule has 1 saturated carbocycles. The van der Waals surface area contributed by atoms with Crippen molar-refractivity contribution >= 4 is 34.4 Å². The number of hydrogen-bond acceptors (Lipinski definition) is 9. The van der Waals surface area contributed by atoms with E-state index in [1.165, 1.54) is 7.11 Å². The normalized spacial score (nSPS) is 28.1. The third-order valence-electron chi connectivity index (χ3n) is 9.47. The van der Waals surface area contributed by atoms with Gasteiger partial charge in [0, 0.05) is 31.7 Å². The molecule has 0 unspecified atom stereocenters. The predicted molar refractivity (Wildman–Crippen MR) is 180 cm³/mol. The van der Waals surface area contributed by atoms with Crippen LogP contribution in [0.25, 0.3) is 0 Å². The van der Waals surface area contributed by atoms with Crippen LogP contribution in [0.5, 0.6) is 11.5 Å². The summed E-state index contributed by atoms with van der Waals surface area (Å²) < 4.78 is 24.9. The van der Waals surface area contributed by atoms with E-state index in [9.17, 15) is 24.9 Å². The van der Waals surface area contributed by atoms with Crippen LogP contribution >= 0.6 is 22.6 Å². The minimum atomic E-state index is -1.20. The molecular weight excluding hydrogens is 707 g/mol. The van der Waals surface area contributed by atoms with Gasteiger partial charge in [0.1, 0.15) is 18.8 Å². The number of rotatable bonds is 14. The average molecular weight is 759 g/mol. The van der Waals surface area contributed by atoms with E-state index in [-0.39, 0.29) is 57.4 Å². The van der Waals surface area contributed by atoms with Gasteiger partial charge in [-0.15, -0.1) is 0 Å². The molecule has 12 heteroatoms. The summed E-state index contributed by atoms with van der Waals surface area (Å²) >= 11 is 2.08. The van der Waals surface area contributed by atoms with E-state index in [1.807, 2.05) is 0 Å². The molecule has 2 fully saturated rings. The Labute approximate surface area is 286 Å². The SMILES string of the molecule is COc1cc(CO)cc(I)c1O[C@H]1C=C(C(=O)NCCO)C[C@@H](N(C[C@H]2CCCO2)C(=O)CO[C@H]2C[C@@H](C)CC[C@@H]2C(C)C)[C@@H]1O. The van der Waals surface area contributed by atoms with Crippen molar-refractivity contribution in [1.29, 1.82) is 0 Å². The van der Waals surface area contributed by atoms with Gasteiger partial charge in [-0.05, 0) is 89.8 Å². The van der Waals surface area contributed by atoms with Gasteiger partial charge in [0.25, 0.3) is 0 Å². The third-order valence-corrected chi connectivity index (χ3v) is 10.3. The van der Waals surface area contributed by atoms with Gasteiger partial charge in [0.2, 0.25) is 11.8 Å². The molecule has 0 spiro atoms. The molecule has 11 nitrogen and oxygen atoms in total. The van der Waals surface area contributed by atoms with Crippen LogP contribution in [-0.4, -0.2) is 103 Å². The van der Waals surface area contributed by atoms with E-state index < -0.39 is 24.2 Å². The molecule has 2 amide bonds. The Morgan fingerprint density at radius 3 is 2.63 bits per heavy atom. The van der Waals surface area contributed by atoms with Crippen molar-refractivity contribution in [2.45, 2.75) is 96.4 Å². The molecule has 4 rings (SSSR count). The number of methoxy groups -OCH3 is 1. The molecule has 0 radical (unpaired) electrons. The topological polar surface area (TPSA) is 147 Å². The van der Waals surface area contributed by atoms with Crippen LogP contribution in [-0.2, 0) is 25.7 Å². The second-order valence-electron chi connectivity index (χ2n) is 13.1. The van der Waals surface area contributed by atoms with Crippen LogP contribution in [0.1, 0.15) is 64.9 Å². The monoisotopic (exact) mass is 758 g/mol. The molecular formula is C34H51IN2O9. The fourth-order valence-corrected chi connectivity index (χ4v) is 7.68. The number of halogens is 1. The number of carbonyl (C=O) groups is 2. The number of hydrogen-bond donors (Lipinski definition) is 4. The number of nitrogens with zero attached hydrogens (tertiary/aromatic N) is 1. The molecule has 0 bridgehead atoms. The zero-order valence-electron chi connectivity index (χ0n) is 27.5. The van der Waals surface area contributed by atoms with E-state index in [0.717, 1.165) is 32.1 Å². The van der Waals surface area contributed by atoms with E-state index in [0.29, 0.717) is 50.6 Å². The van der Waals surface area contributed by atoms with Crippen LogP contribution < -0.4 is 14.8 Å². The van der Waals surface area contributed by atoms with Crippen molar-refractivity contribution in [3.05, 3.63) is 32.9 Å². The maximum absolute atomic E-state index is 14.1. The molecule has 1 aromatic rings. The summed E-state index contributed by atoms with van der Waals surface area (Å²) in [6.45, 7) is 7.00. The van der Waals surface area contributed by atoms with Gasteiger partial charge in [0.05, 0.1) is 42.1 Å². The molecule has 7 atom stereocenters. The number of nitrogens with one attached hydrogen (secondary N) is 1. The van der Waals surface area contributed by atoms with Crippen molar-refractivity contribution < 1.29 is 43.9 Å². The van der Waals surface area contributed by atoms with Crippen molar-refractivity contribution in [1.82, 2.24) is 10.2 Å². The predicted octanol–water partition coefficient (Wildman–Crippen LogP) is 3.19. The van der Waals surface area contributed by atoms with Gasteiger partial charge in [0.15, 0.2) is 11.5 Å². The second kappa shape index (κ2) is 17.4. The van der Waals surface area contributed by atoms with E-state index >= 15 is 0 Å². The average Bonchev–Trinajstić information content (AvgIpc) is 3.56. The first-order valence-corrected chi connectivity index (χ1v) is 17.6. The minimum absolute atomic E-state index is 0.0270. The Bertz CT molecular complexity index is 1210. The van der Waals surface area contributed by atoms with Crippen LogP contribution in [0, 0.1) is 21.3 Å². The summed E-state index contributed by atoms with van der Waals surface area (Å²) in [5.74, 6) is 1.37. The standard InChI is InChI=1S/C34H51IN2O9/c1-20(2)25-8-7-21(3)12-28(25)45-19-31(40)37(17-24-6-5-11-44-24)27-15-23(34(42)36-9-10-38)16-29(32(27)41)46-33-26(35)13-22(18-39)14-30(33)43-4/h13-14,16,20-21,24-25,27-29,32,38-39,41H,5-12,15,17-19H2,1-4H3,(H,36,42)/t21-,24+,25+,27+,28-,29-,32-/m0/s1. The number of benzene rings is 1. The van der Waals surface area contributed by atoms with Crippen LogP contribution in [0.3, 0.4) is 0 Å². The summed E-state index contributed by atoms with van der Waals surface area (Å²) in [5.41, 5.74) is 0.970. The van der Waals surface area contributed by atoms with Gasteiger partial charge in [-0.1, -0.05) is 27.2 Å². The Morgan fingerprint density at radius 2 is 1.98 bits per heavy atom. The first-order valence-electron chi connectivity index (χ1n) is 16.5. The molecule has 4 N–H and O–H groups in total. The van der Waals surface area contributed by atoms with Gasteiger partial charge < -0.3 is 44.5 Å². The summed E-state index contributed by atoms with van der Waals surface area (Å²) in [6.07, 6.45) is 4.01. The molecule has 1 heterocycles. The van der Waals surface area contributed by atoms with Crippen LogP contribution in [0.2, 0.25) is 0 Å². The quantitative estimate of drug-likeness (QED) is 0.210. The Balaban J connectivity index is 1.64. The van der Waals surface area contributed by atoms with Crippen LogP contribution in [0.15, 0.2) is 23.8 Å². The van der Waals surface area contributed by atoms with E-state index in [4.69, 9.17) is 18.9 Å². The van der Waals surface area contributed by atoms with Gasteiger partial charge in [-0.2, -0.15) is 0 Å². The minimum Gasteiger partial charge on any atom is -0.493 e. The fourth-order valence-electron chi connectivity index (χ4n) is 6.89. The molecule has 1 aromatic carbocycles. The first kappa shape index (κ1) is 36.9. The highest BCUT2D eigenvalue weighted by Crippen LogP contribution is 2.38. The highest BCUT2D eigenvalue weighted by atomic mass is 127. The summed E-state index contributed by atoms with van der Waals surface area (Å²) in [5, 5.41) is 33.6. The van der Waals surface area contributed by atoms with E-state index in [1.54, 1.807) is 23.1 Å². The second-order valence-corrected chi connectivity index (χ2v) is 14.3. The summed E-state index contributed by atoms with van der Waals surface area (Å²) in [6, 6.07) is 2.60. The molecule has 0 aromatic heterocycles. The number of amides is 2. The lowest BCUT2D eigenvalue weighted by atomic mass is 9.75. The van der Waals surface area contributed by atoms with Gasteiger partial charge in [-0.25, -0.2) is 0 Å². The molecule has 46 heavy (non-hydrogen) atoms. The van der Waals surface area contributed by atoms with Crippen molar-refractivity contribution in [3.63, 3.8) is 0 Å². The van der Waals surface area contributed by atoms with Crippen LogP contribution in [0.4, 0.5) is 0 Å². The highest BCUT2D eigenvalue weighted by Gasteiger charge is 2.42. The number of carbonyl (C=O) groups excluding carboxylic acids is 2. The number of aliphatic hydroxyl groups is 3. The van der Waals surface area contributed by atoms with Crippen molar-refractivity contribution in [2.24, 2.45) is 17.8 Å². The van der Waals surface area contributed by atoms with Crippen molar-refractivity contribution in [3.8, 4) is 11.5 Å². The first-order chi connectivity index (χ1) is 22.1. The Hall–Kier alpha value is -1.97. The fraction of sp³-hybridized carbons (Fsp3) is 0.706. The molecule has 1 saturated heterocycles. The third kappa shape index (κ3) is 9.34. The van der Waals surface area contributed by atoms with Crippen molar-refractivity contribution in [2.75, 3.05) is 40.0 Å². The molecule has 258 valence electrons. The summed E-state index contributed by atoms with van der Waals surface area (Å²) in [4.78, 5) is 29.0. The Kier molecular flexibility index (Phi) is 14.0. The van der Waals surface area contributed by atoms with E-state index in [2.05, 4.69) is 48.7 Å². The molecule has 3 aliphatic rings. The van der Waals surface area contributed by atoms with Gasteiger partial charge in [-0.3, -0.25) is 9.59 Å².